The number of amides is 1. The van der Waals surface area contributed by atoms with E-state index in [1.54, 1.807) is 6.26 Å². The number of nitrogens with one attached hydrogen (secondary N) is 1. The van der Waals surface area contributed by atoms with Crippen LogP contribution < -0.4 is 5.32 Å². The van der Waals surface area contributed by atoms with E-state index in [2.05, 4.69) is 80.7 Å². The van der Waals surface area contributed by atoms with Crippen LogP contribution in [0.15, 0.2) is 77.4 Å². The Morgan fingerprint density at radius 1 is 1.03 bits per heavy atom. The third-order valence-electron chi connectivity index (χ3n) is 7.30. The van der Waals surface area contributed by atoms with Gasteiger partial charge < -0.3 is 14.5 Å². The van der Waals surface area contributed by atoms with Crippen molar-refractivity contribution in [1.29, 1.82) is 0 Å². The normalized spacial score (nSPS) is 19.3. The van der Waals surface area contributed by atoms with E-state index in [1.165, 1.54) is 11.1 Å². The van der Waals surface area contributed by atoms with E-state index >= 15 is 0 Å². The summed E-state index contributed by atoms with van der Waals surface area (Å²) in [4.78, 5) is 13.0. The molecule has 0 bridgehead atoms. The van der Waals surface area contributed by atoms with E-state index in [0.29, 0.717) is 24.8 Å². The number of hydrogen-bond donors (Lipinski definition) is 1. The highest BCUT2D eigenvalue weighted by Gasteiger charge is 2.38. The maximum Gasteiger partial charge on any atom is 0.221 e. The number of aryl methyl sites for hydroxylation is 1. The molecule has 2 heterocycles. The molecule has 4 rings (SSSR count). The van der Waals surface area contributed by atoms with Gasteiger partial charge in [0, 0.05) is 19.6 Å². The van der Waals surface area contributed by atoms with Crippen LogP contribution in [0.25, 0.3) is 0 Å². The number of furan rings is 1. The summed E-state index contributed by atoms with van der Waals surface area (Å²) in [6.45, 7) is 8.94. The molecule has 0 radical (unpaired) electrons. The lowest BCUT2D eigenvalue weighted by atomic mass is 9.66. The second-order valence-electron chi connectivity index (χ2n) is 10.3. The van der Waals surface area contributed by atoms with E-state index in [1.807, 2.05) is 12.1 Å². The number of ether oxygens (including phenoxy) is 1. The molecular formula is C30H37NO3. The number of benzene rings is 2. The Hall–Kier alpha value is -2.85. The lowest BCUT2D eigenvalue weighted by Crippen LogP contribution is -2.39. The standard InChI is InChI=1S/C30H37NO3/c1-22-11-13-24(14-12-22)26(28-10-7-18-34-28)20-29(32)31-17-15-25(23-8-5-4-6-9-23)27-16-19-33-21-30(27,2)3/h4-14,18,25-27H,15-17,19-21H2,1-3H3,(H,31,32)/t25-,26-,27+/m0/s1. The Labute approximate surface area is 203 Å². The topological polar surface area (TPSA) is 51.5 Å². The third-order valence-corrected chi connectivity index (χ3v) is 7.30. The van der Waals surface area contributed by atoms with Gasteiger partial charge in [0.05, 0.1) is 18.8 Å². The van der Waals surface area contributed by atoms with Gasteiger partial charge in [0.2, 0.25) is 5.91 Å². The summed E-state index contributed by atoms with van der Waals surface area (Å²) in [5.74, 6) is 1.70. The Morgan fingerprint density at radius 2 is 1.79 bits per heavy atom. The molecule has 3 aromatic rings. The number of carbonyl (C=O) groups excluding carboxylic acids is 1. The van der Waals surface area contributed by atoms with Gasteiger partial charge in [-0.25, -0.2) is 0 Å². The molecule has 3 atom stereocenters. The number of carbonyl (C=O) groups is 1. The summed E-state index contributed by atoms with van der Waals surface area (Å²) in [5.41, 5.74) is 3.76. The van der Waals surface area contributed by atoms with Crippen LogP contribution in [0.3, 0.4) is 0 Å². The first kappa shape index (κ1) is 24.3. The maximum absolute atomic E-state index is 13.0. The molecular weight excluding hydrogens is 422 g/mol. The van der Waals surface area contributed by atoms with Gasteiger partial charge in [-0.05, 0) is 60.3 Å². The van der Waals surface area contributed by atoms with Crippen LogP contribution in [0.5, 0.6) is 0 Å². The Morgan fingerprint density at radius 3 is 2.47 bits per heavy atom. The van der Waals surface area contributed by atoms with E-state index in [4.69, 9.17) is 9.15 Å². The van der Waals surface area contributed by atoms with Crippen LogP contribution in [0.1, 0.15) is 67.4 Å². The highest BCUT2D eigenvalue weighted by atomic mass is 16.5. The molecule has 0 saturated carbocycles. The minimum Gasteiger partial charge on any atom is -0.469 e. The van der Waals surface area contributed by atoms with E-state index in [9.17, 15) is 4.79 Å². The minimum absolute atomic E-state index is 0.0556. The first-order chi connectivity index (χ1) is 16.4. The summed E-state index contributed by atoms with van der Waals surface area (Å²) in [6, 6.07) is 22.9. The SMILES string of the molecule is Cc1ccc([C@H](CC(=O)NCC[C@@H](c2ccccc2)[C@H]2CCOCC2(C)C)c2ccco2)cc1. The fourth-order valence-corrected chi connectivity index (χ4v) is 5.39. The minimum atomic E-state index is -0.0880. The van der Waals surface area contributed by atoms with Gasteiger partial charge in [-0.3, -0.25) is 4.79 Å². The molecule has 0 unspecified atom stereocenters. The van der Waals surface area contributed by atoms with Gasteiger partial charge >= 0.3 is 0 Å². The molecule has 1 fully saturated rings. The van der Waals surface area contributed by atoms with Crippen molar-refractivity contribution in [2.24, 2.45) is 11.3 Å². The van der Waals surface area contributed by atoms with Crippen molar-refractivity contribution in [3.05, 3.63) is 95.4 Å². The molecule has 1 N–H and O–H groups in total. The predicted molar refractivity (Wildman–Crippen MR) is 136 cm³/mol. The zero-order valence-electron chi connectivity index (χ0n) is 20.6. The van der Waals surface area contributed by atoms with Gasteiger partial charge in [0.25, 0.3) is 0 Å². The van der Waals surface area contributed by atoms with E-state index in [-0.39, 0.29) is 17.2 Å². The van der Waals surface area contributed by atoms with Crippen molar-refractivity contribution < 1.29 is 13.9 Å². The molecule has 34 heavy (non-hydrogen) atoms. The molecule has 1 aliphatic rings. The molecule has 4 nitrogen and oxygen atoms in total. The van der Waals surface area contributed by atoms with Crippen LogP contribution in [-0.2, 0) is 9.53 Å². The van der Waals surface area contributed by atoms with Crippen LogP contribution in [0.2, 0.25) is 0 Å². The summed E-state index contributed by atoms with van der Waals surface area (Å²) in [7, 11) is 0. The zero-order chi connectivity index (χ0) is 24.0. The van der Waals surface area contributed by atoms with Gasteiger partial charge in [-0.1, -0.05) is 74.0 Å². The molecule has 1 aliphatic heterocycles. The van der Waals surface area contributed by atoms with Crippen molar-refractivity contribution >= 4 is 5.91 Å². The van der Waals surface area contributed by atoms with Crippen LogP contribution in [0.4, 0.5) is 0 Å². The summed E-state index contributed by atoms with van der Waals surface area (Å²) in [5, 5.41) is 3.21. The summed E-state index contributed by atoms with van der Waals surface area (Å²) in [6.07, 6.45) is 4.01. The fourth-order valence-electron chi connectivity index (χ4n) is 5.39. The number of hydrogen-bond acceptors (Lipinski definition) is 3. The average Bonchev–Trinajstić information content (AvgIpc) is 3.37. The average molecular weight is 460 g/mol. The van der Waals surface area contributed by atoms with Crippen LogP contribution in [-0.4, -0.2) is 25.7 Å². The van der Waals surface area contributed by atoms with Crippen molar-refractivity contribution in [2.75, 3.05) is 19.8 Å². The summed E-state index contributed by atoms with van der Waals surface area (Å²) < 4.78 is 11.5. The second-order valence-corrected chi connectivity index (χ2v) is 10.3. The summed E-state index contributed by atoms with van der Waals surface area (Å²) >= 11 is 0. The van der Waals surface area contributed by atoms with Crippen LogP contribution >= 0.6 is 0 Å². The molecule has 180 valence electrons. The number of rotatable bonds is 9. The Balaban J connectivity index is 1.42. The van der Waals surface area contributed by atoms with E-state index < -0.39 is 0 Å². The molecule has 2 aromatic carbocycles. The van der Waals surface area contributed by atoms with Crippen molar-refractivity contribution in [3.63, 3.8) is 0 Å². The predicted octanol–water partition coefficient (Wildman–Crippen LogP) is 6.46. The highest BCUT2D eigenvalue weighted by Crippen LogP contribution is 2.44. The lowest BCUT2D eigenvalue weighted by Gasteiger charge is -2.43. The molecule has 1 amide bonds. The molecule has 4 heteroatoms. The van der Waals surface area contributed by atoms with Crippen molar-refractivity contribution in [2.45, 2.75) is 51.9 Å². The van der Waals surface area contributed by atoms with Gasteiger partial charge in [-0.2, -0.15) is 0 Å². The van der Waals surface area contributed by atoms with Crippen molar-refractivity contribution in [3.8, 4) is 0 Å². The third kappa shape index (κ3) is 5.98. The molecule has 1 saturated heterocycles. The first-order valence-corrected chi connectivity index (χ1v) is 12.4. The van der Waals surface area contributed by atoms with E-state index in [0.717, 1.165) is 37.4 Å². The van der Waals surface area contributed by atoms with Gasteiger partial charge in [0.15, 0.2) is 0 Å². The lowest BCUT2D eigenvalue weighted by molar-refractivity contribution is -0.121. The largest absolute Gasteiger partial charge is 0.469 e. The quantitative estimate of drug-likeness (QED) is 0.399. The molecule has 1 aromatic heterocycles. The zero-order valence-corrected chi connectivity index (χ0v) is 20.6. The fraction of sp³-hybridized carbons (Fsp3) is 0.433. The smallest absolute Gasteiger partial charge is 0.221 e. The highest BCUT2D eigenvalue weighted by molar-refractivity contribution is 5.77. The maximum atomic E-state index is 13.0. The molecule has 0 aliphatic carbocycles. The monoisotopic (exact) mass is 459 g/mol. The van der Waals surface area contributed by atoms with Gasteiger partial charge in [0.1, 0.15) is 5.76 Å². The van der Waals surface area contributed by atoms with Crippen molar-refractivity contribution in [1.82, 2.24) is 5.32 Å². The van der Waals surface area contributed by atoms with Gasteiger partial charge in [-0.15, -0.1) is 0 Å². The first-order valence-electron chi connectivity index (χ1n) is 12.4. The van der Waals surface area contributed by atoms with Crippen LogP contribution in [0, 0.1) is 18.3 Å². The molecule has 0 spiro atoms. The Kier molecular flexibility index (Phi) is 7.89. The second kappa shape index (κ2) is 11.1. The Bertz CT molecular complexity index is 1020.